The number of aromatic nitrogens is 2. The maximum atomic E-state index is 5.64. The zero-order valence-electron chi connectivity index (χ0n) is 19.9. The second kappa shape index (κ2) is 14.2. The highest BCUT2D eigenvalue weighted by atomic mass is 35.5. The van der Waals surface area contributed by atoms with Gasteiger partial charge in [0.15, 0.2) is 0 Å². The van der Waals surface area contributed by atoms with Crippen molar-refractivity contribution >= 4 is 29.2 Å². The second-order valence-corrected chi connectivity index (χ2v) is 8.29. The third kappa shape index (κ3) is 7.76. The van der Waals surface area contributed by atoms with Crippen LogP contribution in [0.2, 0.25) is 6.32 Å². The maximum absolute atomic E-state index is 5.64. The van der Waals surface area contributed by atoms with Gasteiger partial charge in [-0.15, -0.1) is 0 Å². The predicted octanol–water partition coefficient (Wildman–Crippen LogP) is 6.02. The number of halogens is 1. The summed E-state index contributed by atoms with van der Waals surface area (Å²) in [5, 5.41) is 0. The van der Waals surface area contributed by atoms with E-state index in [4.69, 9.17) is 16.3 Å². The van der Waals surface area contributed by atoms with Crippen molar-refractivity contribution in [2.75, 3.05) is 6.61 Å². The Labute approximate surface area is 209 Å². The van der Waals surface area contributed by atoms with Gasteiger partial charge in [-0.25, -0.2) is 4.98 Å². The zero-order chi connectivity index (χ0) is 24.0. The van der Waals surface area contributed by atoms with Crippen molar-refractivity contribution in [2.45, 2.75) is 32.8 Å². The van der Waals surface area contributed by atoms with Gasteiger partial charge < -0.3 is 9.30 Å². The van der Waals surface area contributed by atoms with E-state index in [0.717, 1.165) is 25.2 Å². The van der Waals surface area contributed by atoms with Crippen LogP contribution in [-0.4, -0.2) is 29.0 Å². The van der Waals surface area contributed by atoms with E-state index in [1.165, 1.54) is 16.5 Å². The van der Waals surface area contributed by atoms with Crippen molar-refractivity contribution in [3.8, 4) is 11.3 Å². The molecule has 174 valence electrons. The molecular weight excluding hydrogens is 439 g/mol. The summed E-state index contributed by atoms with van der Waals surface area (Å²) in [6.45, 7) is 6.06. The molecule has 0 bridgehead atoms. The summed E-state index contributed by atoms with van der Waals surface area (Å²) < 4.78 is 7.69. The zero-order valence-corrected chi connectivity index (χ0v) is 20.7. The molecule has 4 rings (SSSR count). The summed E-state index contributed by atoms with van der Waals surface area (Å²) in [5.41, 5.74) is 6.58. The van der Waals surface area contributed by atoms with Crippen LogP contribution in [0, 0.1) is 0 Å². The van der Waals surface area contributed by atoms with Crippen molar-refractivity contribution in [3.05, 3.63) is 115 Å². The highest BCUT2D eigenvalue weighted by Crippen LogP contribution is 2.18. The number of benzene rings is 3. The number of hydrogen-bond donors (Lipinski definition) is 0. The Kier molecular flexibility index (Phi) is 10.7. The topological polar surface area (TPSA) is 27.1 Å². The highest BCUT2D eigenvalue weighted by molar-refractivity contribution is 6.85. The molecule has 1 aromatic heterocycles. The van der Waals surface area contributed by atoms with E-state index in [0.29, 0.717) is 6.71 Å². The lowest BCUT2D eigenvalue weighted by atomic mass is 9.39. The van der Waals surface area contributed by atoms with Crippen LogP contribution in [0.25, 0.3) is 11.3 Å². The fraction of sp³-hybridized carbons (Fsp3) is 0.207. The molecule has 1 atom stereocenters. The lowest BCUT2D eigenvalue weighted by Crippen LogP contribution is -2.41. The van der Waals surface area contributed by atoms with Crippen molar-refractivity contribution < 1.29 is 4.74 Å². The first-order valence-corrected chi connectivity index (χ1v) is 12.2. The second-order valence-electron chi connectivity index (χ2n) is 8.03. The third-order valence-electron chi connectivity index (χ3n) is 5.55. The van der Waals surface area contributed by atoms with Gasteiger partial charge in [-0.3, -0.25) is 0 Å². The van der Waals surface area contributed by atoms with E-state index in [1.54, 1.807) is 5.54 Å². The van der Waals surface area contributed by atoms with Crippen LogP contribution in [0.4, 0.5) is 0 Å². The molecule has 0 N–H and O–H groups in total. The Balaban J connectivity index is 0.000000191. The van der Waals surface area contributed by atoms with Crippen molar-refractivity contribution in [1.29, 1.82) is 0 Å². The Morgan fingerprint density at radius 1 is 0.912 bits per heavy atom. The van der Waals surface area contributed by atoms with Crippen molar-refractivity contribution in [1.82, 2.24) is 9.55 Å². The molecule has 3 aromatic carbocycles. The molecule has 1 heterocycles. The summed E-state index contributed by atoms with van der Waals surface area (Å²) in [6, 6.07) is 31.4. The normalized spacial score (nSPS) is 11.6. The Morgan fingerprint density at radius 3 is 2.00 bits per heavy atom. The predicted molar refractivity (Wildman–Crippen MR) is 146 cm³/mol. The van der Waals surface area contributed by atoms with Gasteiger partial charge in [-0.05, 0) is 31.3 Å². The van der Waals surface area contributed by atoms with E-state index in [2.05, 4.69) is 77.1 Å². The van der Waals surface area contributed by atoms with Crippen molar-refractivity contribution in [3.63, 3.8) is 0 Å². The number of hydrogen-bond acceptors (Lipinski definition) is 2. The Morgan fingerprint density at radius 2 is 1.47 bits per heavy atom. The smallest absolute Gasteiger partial charge is 0.213 e. The standard InChI is InChI=1S/C15H14BCl.C14H18N2O/c17-13-7-12-16(14-8-3-1-4-9-14)15-10-5-2-6-11-15;1-3-17-12(2)10-16-11-15-9-14(16)13-7-5-4-6-8-13/h1-11,13H,12H2;4-9,11-12H,3,10H2,1-2H3. The van der Waals surface area contributed by atoms with E-state index < -0.39 is 0 Å². The molecule has 0 spiro atoms. The van der Waals surface area contributed by atoms with Gasteiger partial charge in [0.05, 0.1) is 30.9 Å². The average molecular weight is 471 g/mol. The van der Waals surface area contributed by atoms with E-state index in [9.17, 15) is 0 Å². The van der Waals surface area contributed by atoms with E-state index in [-0.39, 0.29) is 6.10 Å². The van der Waals surface area contributed by atoms with E-state index in [1.807, 2.05) is 55.9 Å². The van der Waals surface area contributed by atoms with Gasteiger partial charge in [0, 0.05) is 6.61 Å². The molecule has 0 saturated carbocycles. The number of ether oxygens (including phenoxy) is 1. The molecule has 5 heteroatoms. The minimum atomic E-state index is 0.205. The van der Waals surface area contributed by atoms with Crippen LogP contribution < -0.4 is 10.9 Å². The summed E-state index contributed by atoms with van der Waals surface area (Å²) >= 11 is 5.64. The Hall–Kier alpha value is -3.08. The highest BCUT2D eigenvalue weighted by Gasteiger charge is 2.16. The molecule has 4 aromatic rings. The number of rotatable bonds is 9. The van der Waals surface area contributed by atoms with Crippen LogP contribution in [0.15, 0.2) is 115 Å². The minimum Gasteiger partial charge on any atom is -0.377 e. The van der Waals surface area contributed by atoms with E-state index >= 15 is 0 Å². The van der Waals surface area contributed by atoms with Gasteiger partial charge in [0.2, 0.25) is 6.71 Å². The largest absolute Gasteiger partial charge is 0.377 e. The molecule has 0 amide bonds. The van der Waals surface area contributed by atoms with Crippen LogP contribution in [0.3, 0.4) is 0 Å². The van der Waals surface area contributed by atoms with Gasteiger partial charge in [0.1, 0.15) is 0 Å². The van der Waals surface area contributed by atoms with Crippen LogP contribution >= 0.6 is 11.6 Å². The molecule has 0 saturated heterocycles. The molecule has 3 nitrogen and oxygen atoms in total. The SMILES string of the molecule is CCOC(C)Cn1cncc1-c1ccccc1.ClC=CCB(c1ccccc1)c1ccccc1. The molecule has 0 aliphatic heterocycles. The van der Waals surface area contributed by atoms with Gasteiger partial charge in [-0.1, -0.05) is 120 Å². The van der Waals surface area contributed by atoms with Crippen LogP contribution in [0.1, 0.15) is 13.8 Å². The first-order valence-electron chi connectivity index (χ1n) is 11.7. The van der Waals surface area contributed by atoms with Gasteiger partial charge in [0.25, 0.3) is 0 Å². The number of imidazole rings is 1. The fourth-order valence-electron chi connectivity index (χ4n) is 3.95. The van der Waals surface area contributed by atoms with Crippen LogP contribution in [0.5, 0.6) is 0 Å². The number of allylic oxidation sites excluding steroid dienone is 1. The maximum Gasteiger partial charge on any atom is 0.213 e. The minimum absolute atomic E-state index is 0.205. The number of nitrogens with zero attached hydrogens (tertiary/aromatic N) is 2. The fourth-order valence-corrected chi connectivity index (χ4v) is 4.06. The van der Waals surface area contributed by atoms with Gasteiger partial charge in [-0.2, -0.15) is 0 Å². The third-order valence-corrected chi connectivity index (χ3v) is 5.73. The summed E-state index contributed by atoms with van der Waals surface area (Å²) in [4.78, 5) is 4.22. The monoisotopic (exact) mass is 470 g/mol. The molecule has 1 unspecified atom stereocenters. The summed E-state index contributed by atoms with van der Waals surface area (Å²) in [7, 11) is 0. The molecule has 0 radical (unpaired) electrons. The molecule has 34 heavy (non-hydrogen) atoms. The molecule has 0 fully saturated rings. The van der Waals surface area contributed by atoms with Crippen molar-refractivity contribution in [2.24, 2.45) is 0 Å². The lowest BCUT2D eigenvalue weighted by molar-refractivity contribution is 0.0643. The lowest BCUT2D eigenvalue weighted by Gasteiger charge is -2.14. The first-order chi connectivity index (χ1) is 16.7. The molecule has 0 aliphatic rings. The molecule has 0 aliphatic carbocycles. The Bertz CT molecular complexity index is 1060. The van der Waals surface area contributed by atoms with Gasteiger partial charge >= 0.3 is 0 Å². The van der Waals surface area contributed by atoms with Crippen LogP contribution in [-0.2, 0) is 11.3 Å². The summed E-state index contributed by atoms with van der Waals surface area (Å²) in [6.07, 6.45) is 6.90. The average Bonchev–Trinajstić information content (AvgIpc) is 3.35. The first kappa shape index (κ1) is 25.5. The summed E-state index contributed by atoms with van der Waals surface area (Å²) in [5.74, 6) is 0. The molecular formula is C29H32BClN2O. The quantitative estimate of drug-likeness (QED) is 0.280.